The zero-order chi connectivity index (χ0) is 16.8. The lowest BCUT2D eigenvalue weighted by molar-refractivity contribution is 0.0722. The van der Waals surface area contributed by atoms with Crippen molar-refractivity contribution in [2.24, 2.45) is 0 Å². The number of amides is 1. The lowest BCUT2D eigenvalue weighted by Crippen LogP contribution is -2.36. The molecule has 1 amide bonds. The Labute approximate surface area is 147 Å². The molecular formula is C16H13Cl2N5O. The first kappa shape index (κ1) is 15.2. The maximum Gasteiger partial charge on any atom is 0.291 e. The molecule has 0 saturated carbocycles. The van der Waals surface area contributed by atoms with Crippen molar-refractivity contribution in [3.63, 3.8) is 0 Å². The van der Waals surface area contributed by atoms with E-state index < -0.39 is 0 Å². The molecule has 3 aromatic rings. The van der Waals surface area contributed by atoms with Crippen molar-refractivity contribution in [3.05, 3.63) is 51.7 Å². The summed E-state index contributed by atoms with van der Waals surface area (Å²) < 4.78 is 0. The molecule has 6 nitrogen and oxygen atoms in total. The van der Waals surface area contributed by atoms with Gasteiger partial charge in [-0.05, 0) is 6.07 Å². The molecule has 1 aliphatic heterocycles. The third-order valence-corrected chi connectivity index (χ3v) is 5.00. The molecule has 0 bridgehead atoms. The number of nitrogens with one attached hydrogen (secondary N) is 1. The molecular weight excluding hydrogens is 349 g/mol. The molecule has 4 rings (SSSR count). The third-order valence-electron chi connectivity index (χ3n) is 4.19. The molecule has 8 heteroatoms. The van der Waals surface area contributed by atoms with Crippen LogP contribution in [-0.2, 0) is 13.0 Å². The number of hydrogen-bond acceptors (Lipinski definition) is 4. The standard InChI is InChI=1S/C16H13Cl2N5O/c17-11-2-1-9-10-7-23(4-3-12(10)22-14(9)13(11)18)16(24)15-20-5-8(19)6-21-15/h1-2,5-6,22H,3-4,7,19H2. The van der Waals surface area contributed by atoms with Crippen LogP contribution in [0.15, 0.2) is 24.5 Å². The average molecular weight is 362 g/mol. The molecule has 1 aliphatic rings. The van der Waals surface area contributed by atoms with Gasteiger partial charge >= 0.3 is 0 Å². The van der Waals surface area contributed by atoms with Crippen molar-refractivity contribution >= 4 is 45.7 Å². The van der Waals surface area contributed by atoms with Crippen LogP contribution in [0.2, 0.25) is 10.0 Å². The molecule has 0 spiro atoms. The smallest absolute Gasteiger partial charge is 0.291 e. The van der Waals surface area contributed by atoms with Crippen LogP contribution >= 0.6 is 23.2 Å². The van der Waals surface area contributed by atoms with Gasteiger partial charge in [0.1, 0.15) is 0 Å². The number of halogens is 2. The number of carbonyl (C=O) groups is 1. The van der Waals surface area contributed by atoms with Crippen LogP contribution in [0.3, 0.4) is 0 Å². The Morgan fingerprint density at radius 2 is 2.00 bits per heavy atom. The SMILES string of the molecule is Nc1cnc(C(=O)N2CCc3[nH]c4c(Cl)c(Cl)ccc4c3C2)nc1. The molecule has 0 fully saturated rings. The number of aromatic nitrogens is 3. The first-order valence-electron chi connectivity index (χ1n) is 7.39. The Kier molecular flexibility index (Phi) is 3.58. The summed E-state index contributed by atoms with van der Waals surface area (Å²) in [6, 6.07) is 3.69. The summed E-state index contributed by atoms with van der Waals surface area (Å²) in [5, 5.41) is 1.99. The van der Waals surface area contributed by atoms with Gasteiger partial charge in [-0.1, -0.05) is 29.3 Å². The van der Waals surface area contributed by atoms with Crippen molar-refractivity contribution in [2.75, 3.05) is 12.3 Å². The van der Waals surface area contributed by atoms with E-state index in [1.807, 2.05) is 6.07 Å². The number of hydrogen-bond donors (Lipinski definition) is 2. The fraction of sp³-hybridized carbons (Fsp3) is 0.188. The van der Waals surface area contributed by atoms with Crippen molar-refractivity contribution < 1.29 is 4.79 Å². The predicted molar refractivity (Wildman–Crippen MR) is 93.2 cm³/mol. The molecule has 122 valence electrons. The number of anilines is 1. The number of carbonyl (C=O) groups excluding carboxylic acids is 1. The Hall–Kier alpha value is -2.31. The number of nitrogens with zero attached hydrogens (tertiary/aromatic N) is 3. The van der Waals surface area contributed by atoms with Gasteiger partial charge in [-0.15, -0.1) is 0 Å². The second kappa shape index (κ2) is 5.65. The number of nitrogen functional groups attached to an aromatic ring is 1. The van der Waals surface area contributed by atoms with E-state index in [-0.39, 0.29) is 11.7 Å². The second-order valence-electron chi connectivity index (χ2n) is 5.68. The first-order valence-corrected chi connectivity index (χ1v) is 8.14. The van der Waals surface area contributed by atoms with Gasteiger partial charge in [-0.2, -0.15) is 0 Å². The topological polar surface area (TPSA) is 87.9 Å². The van der Waals surface area contributed by atoms with Gasteiger partial charge in [0.05, 0.1) is 33.6 Å². The van der Waals surface area contributed by atoms with E-state index in [0.29, 0.717) is 35.2 Å². The number of H-pyrrole nitrogens is 1. The maximum atomic E-state index is 12.6. The summed E-state index contributed by atoms with van der Waals surface area (Å²) in [6.45, 7) is 1.05. The van der Waals surface area contributed by atoms with Gasteiger partial charge in [-0.3, -0.25) is 4.79 Å². The number of nitrogens with two attached hydrogens (primary N) is 1. The van der Waals surface area contributed by atoms with Crippen molar-refractivity contribution in [2.45, 2.75) is 13.0 Å². The van der Waals surface area contributed by atoms with Crippen molar-refractivity contribution in [1.82, 2.24) is 19.9 Å². The van der Waals surface area contributed by atoms with Crippen LogP contribution in [-0.4, -0.2) is 32.3 Å². The van der Waals surface area contributed by atoms with E-state index in [1.165, 1.54) is 12.4 Å². The Bertz CT molecular complexity index is 951. The van der Waals surface area contributed by atoms with Gasteiger partial charge < -0.3 is 15.6 Å². The Balaban J connectivity index is 1.69. The van der Waals surface area contributed by atoms with E-state index in [1.54, 1.807) is 11.0 Å². The van der Waals surface area contributed by atoms with E-state index in [9.17, 15) is 4.79 Å². The van der Waals surface area contributed by atoms with Gasteiger partial charge in [0, 0.05) is 36.2 Å². The fourth-order valence-corrected chi connectivity index (χ4v) is 3.36. The minimum atomic E-state index is -0.213. The molecule has 0 aliphatic carbocycles. The number of aromatic amines is 1. The minimum absolute atomic E-state index is 0.147. The summed E-state index contributed by atoms with van der Waals surface area (Å²) in [7, 11) is 0. The largest absolute Gasteiger partial charge is 0.396 e. The minimum Gasteiger partial charge on any atom is -0.396 e. The van der Waals surface area contributed by atoms with Crippen LogP contribution in [0.5, 0.6) is 0 Å². The monoisotopic (exact) mass is 361 g/mol. The number of benzene rings is 1. The Morgan fingerprint density at radius 1 is 1.25 bits per heavy atom. The highest BCUT2D eigenvalue weighted by Crippen LogP contribution is 2.35. The summed E-state index contributed by atoms with van der Waals surface area (Å²) in [5.41, 5.74) is 8.94. The van der Waals surface area contributed by atoms with Crippen molar-refractivity contribution in [1.29, 1.82) is 0 Å². The lowest BCUT2D eigenvalue weighted by atomic mass is 10.0. The van der Waals surface area contributed by atoms with Crippen LogP contribution in [0.25, 0.3) is 10.9 Å². The van der Waals surface area contributed by atoms with Gasteiger partial charge in [0.15, 0.2) is 0 Å². The normalized spacial score (nSPS) is 14.0. The van der Waals surface area contributed by atoms with Gasteiger partial charge in [-0.25, -0.2) is 9.97 Å². The molecule has 1 aromatic carbocycles. The maximum absolute atomic E-state index is 12.6. The molecule has 0 atom stereocenters. The molecule has 0 saturated heterocycles. The van der Waals surface area contributed by atoms with E-state index >= 15 is 0 Å². The highest BCUT2D eigenvalue weighted by atomic mass is 35.5. The van der Waals surface area contributed by atoms with E-state index in [2.05, 4.69) is 15.0 Å². The highest BCUT2D eigenvalue weighted by Gasteiger charge is 2.26. The summed E-state index contributed by atoms with van der Waals surface area (Å²) in [5.74, 6) is -0.0661. The molecule has 2 aromatic heterocycles. The quantitative estimate of drug-likeness (QED) is 0.697. The third kappa shape index (κ3) is 2.39. The zero-order valence-electron chi connectivity index (χ0n) is 12.5. The summed E-state index contributed by atoms with van der Waals surface area (Å²) in [4.78, 5) is 25.7. The first-order chi connectivity index (χ1) is 11.5. The van der Waals surface area contributed by atoms with E-state index in [4.69, 9.17) is 28.9 Å². The zero-order valence-corrected chi connectivity index (χ0v) is 14.0. The molecule has 24 heavy (non-hydrogen) atoms. The Morgan fingerprint density at radius 3 is 2.75 bits per heavy atom. The van der Waals surface area contributed by atoms with Crippen LogP contribution < -0.4 is 5.73 Å². The van der Waals surface area contributed by atoms with Crippen LogP contribution in [0, 0.1) is 0 Å². The summed E-state index contributed by atoms with van der Waals surface area (Å²) in [6.07, 6.45) is 3.57. The molecule has 3 N–H and O–H groups in total. The fourth-order valence-electron chi connectivity index (χ4n) is 2.99. The second-order valence-corrected chi connectivity index (χ2v) is 6.47. The van der Waals surface area contributed by atoms with Gasteiger partial charge in [0.2, 0.25) is 5.82 Å². The molecule has 0 unspecified atom stereocenters. The number of fused-ring (bicyclic) bond motifs is 3. The highest BCUT2D eigenvalue weighted by molar-refractivity contribution is 6.45. The predicted octanol–water partition coefficient (Wildman–Crippen LogP) is 3.05. The van der Waals surface area contributed by atoms with Gasteiger partial charge in [0.25, 0.3) is 5.91 Å². The van der Waals surface area contributed by atoms with Crippen LogP contribution in [0.4, 0.5) is 5.69 Å². The summed E-state index contributed by atoms with van der Waals surface area (Å²) >= 11 is 12.4. The van der Waals surface area contributed by atoms with Crippen molar-refractivity contribution in [3.8, 4) is 0 Å². The number of rotatable bonds is 1. The van der Waals surface area contributed by atoms with E-state index in [0.717, 1.165) is 22.2 Å². The molecule has 0 radical (unpaired) electrons. The average Bonchev–Trinajstić information content (AvgIpc) is 2.97. The lowest BCUT2D eigenvalue weighted by Gasteiger charge is -2.26. The van der Waals surface area contributed by atoms with Crippen LogP contribution in [0.1, 0.15) is 21.9 Å². The molecule has 3 heterocycles.